The summed E-state index contributed by atoms with van der Waals surface area (Å²) in [5.74, 6) is 0.537. The van der Waals surface area contributed by atoms with E-state index in [1.54, 1.807) is 22.8 Å². The quantitative estimate of drug-likeness (QED) is 0.702. The molecule has 4 rings (SSSR count). The van der Waals surface area contributed by atoms with Gasteiger partial charge in [0.1, 0.15) is 6.61 Å². The molecular formula is C20H19N3O4. The second-order valence-electron chi connectivity index (χ2n) is 6.24. The zero-order valence-electron chi connectivity index (χ0n) is 14.8. The summed E-state index contributed by atoms with van der Waals surface area (Å²) < 4.78 is 13.0. The summed E-state index contributed by atoms with van der Waals surface area (Å²) in [5.41, 5.74) is 1.13. The number of para-hydroxylation sites is 3. The molecule has 1 N–H and O–H groups in total. The normalized spacial score (nSPS) is 16.1. The predicted molar refractivity (Wildman–Crippen MR) is 99.8 cm³/mol. The van der Waals surface area contributed by atoms with Crippen LogP contribution in [-0.4, -0.2) is 28.3 Å². The molecule has 0 saturated heterocycles. The van der Waals surface area contributed by atoms with Crippen molar-refractivity contribution in [3.8, 4) is 17.4 Å². The highest BCUT2D eigenvalue weighted by atomic mass is 16.6. The van der Waals surface area contributed by atoms with Crippen LogP contribution in [0.4, 0.5) is 5.69 Å². The van der Waals surface area contributed by atoms with Gasteiger partial charge in [-0.15, -0.1) is 10.2 Å². The van der Waals surface area contributed by atoms with Crippen molar-refractivity contribution in [1.29, 1.82) is 0 Å². The van der Waals surface area contributed by atoms with E-state index in [0.717, 1.165) is 17.3 Å². The first-order chi connectivity index (χ1) is 13.2. The molecule has 2 heterocycles. The van der Waals surface area contributed by atoms with Crippen molar-refractivity contribution in [3.05, 3.63) is 48.5 Å². The standard InChI is InChI=1S/C20H19N3O4/c1-2-11-23-14-8-4-3-7-13(14)18(20(23)25)21-22-19(24)17-12-26-15-9-5-6-10-16(15)27-17/h3-10,17,25H,2,11-12H2,1H3/t17-/m1/s1. The second-order valence-corrected chi connectivity index (χ2v) is 6.24. The van der Waals surface area contributed by atoms with Gasteiger partial charge in [-0.3, -0.25) is 4.79 Å². The Morgan fingerprint density at radius 1 is 1.19 bits per heavy atom. The third-order valence-electron chi connectivity index (χ3n) is 4.40. The average Bonchev–Trinajstić information content (AvgIpc) is 2.97. The van der Waals surface area contributed by atoms with Crippen LogP contribution in [0, 0.1) is 0 Å². The summed E-state index contributed by atoms with van der Waals surface area (Å²) in [6.07, 6.45) is -0.0104. The van der Waals surface area contributed by atoms with Gasteiger partial charge < -0.3 is 19.1 Å². The van der Waals surface area contributed by atoms with Crippen LogP contribution in [0.5, 0.6) is 17.4 Å². The average molecular weight is 365 g/mol. The largest absolute Gasteiger partial charge is 0.493 e. The Morgan fingerprint density at radius 2 is 1.93 bits per heavy atom. The summed E-state index contributed by atoms with van der Waals surface area (Å²) in [6.45, 7) is 2.74. The molecule has 2 aromatic carbocycles. The number of amides is 1. The molecule has 1 amide bonds. The maximum absolute atomic E-state index is 12.4. The molecule has 27 heavy (non-hydrogen) atoms. The zero-order chi connectivity index (χ0) is 18.8. The highest BCUT2D eigenvalue weighted by Gasteiger charge is 2.27. The van der Waals surface area contributed by atoms with Crippen LogP contribution >= 0.6 is 0 Å². The van der Waals surface area contributed by atoms with E-state index < -0.39 is 12.0 Å². The molecule has 0 fully saturated rings. The summed E-state index contributed by atoms with van der Waals surface area (Å²) >= 11 is 0. The van der Waals surface area contributed by atoms with Crippen molar-refractivity contribution in [2.24, 2.45) is 10.2 Å². The first-order valence-corrected chi connectivity index (χ1v) is 8.83. The van der Waals surface area contributed by atoms with Gasteiger partial charge in [0.15, 0.2) is 17.2 Å². The Labute approximate surface area is 155 Å². The molecule has 0 bridgehead atoms. The maximum atomic E-state index is 12.4. The van der Waals surface area contributed by atoms with E-state index in [4.69, 9.17) is 9.47 Å². The highest BCUT2D eigenvalue weighted by Crippen LogP contribution is 2.39. The summed E-state index contributed by atoms with van der Waals surface area (Å²) in [7, 11) is 0. The van der Waals surface area contributed by atoms with Crippen LogP contribution in [0.1, 0.15) is 13.3 Å². The number of rotatable bonds is 4. The third-order valence-corrected chi connectivity index (χ3v) is 4.40. The number of benzene rings is 2. The van der Waals surface area contributed by atoms with E-state index in [2.05, 4.69) is 10.2 Å². The number of hydrogen-bond donors (Lipinski definition) is 1. The molecule has 3 aromatic rings. The number of azo groups is 1. The molecule has 0 unspecified atom stereocenters. The Kier molecular flexibility index (Phi) is 4.50. The van der Waals surface area contributed by atoms with Gasteiger partial charge in [0, 0.05) is 11.9 Å². The van der Waals surface area contributed by atoms with Gasteiger partial charge >= 0.3 is 5.91 Å². The fourth-order valence-electron chi connectivity index (χ4n) is 3.13. The van der Waals surface area contributed by atoms with Gasteiger partial charge in [0.25, 0.3) is 0 Å². The Bertz CT molecular complexity index is 1030. The van der Waals surface area contributed by atoms with Crippen molar-refractivity contribution in [3.63, 3.8) is 0 Å². The van der Waals surface area contributed by atoms with E-state index in [1.165, 1.54) is 0 Å². The van der Waals surface area contributed by atoms with Crippen LogP contribution in [0.3, 0.4) is 0 Å². The Morgan fingerprint density at radius 3 is 2.74 bits per heavy atom. The van der Waals surface area contributed by atoms with Crippen LogP contribution in [0.15, 0.2) is 58.8 Å². The van der Waals surface area contributed by atoms with Gasteiger partial charge in [-0.25, -0.2) is 0 Å². The number of carbonyl (C=O) groups excluding carboxylic acids is 1. The number of carbonyl (C=O) groups is 1. The molecule has 138 valence electrons. The third kappa shape index (κ3) is 3.12. The minimum absolute atomic E-state index is 0.000702. The molecule has 1 aromatic heterocycles. The molecule has 0 spiro atoms. The van der Waals surface area contributed by atoms with E-state index in [-0.39, 0.29) is 18.2 Å². The second kappa shape index (κ2) is 7.11. The van der Waals surface area contributed by atoms with E-state index in [1.807, 2.05) is 37.3 Å². The first-order valence-electron chi connectivity index (χ1n) is 8.83. The summed E-state index contributed by atoms with van der Waals surface area (Å²) in [5, 5.41) is 19.1. The highest BCUT2D eigenvalue weighted by molar-refractivity contribution is 5.95. The van der Waals surface area contributed by atoms with Crippen molar-refractivity contribution < 1.29 is 19.4 Å². The van der Waals surface area contributed by atoms with Crippen LogP contribution < -0.4 is 9.47 Å². The number of nitrogens with zero attached hydrogens (tertiary/aromatic N) is 3. The number of ether oxygens (including phenoxy) is 2. The minimum Gasteiger partial charge on any atom is -0.493 e. The number of aromatic nitrogens is 1. The lowest BCUT2D eigenvalue weighted by Gasteiger charge is -2.23. The molecule has 1 aliphatic rings. The molecule has 7 heteroatoms. The Balaban J connectivity index is 1.60. The van der Waals surface area contributed by atoms with Gasteiger partial charge in [-0.05, 0) is 24.6 Å². The first kappa shape index (κ1) is 17.1. The number of aryl methyl sites for hydroxylation is 1. The molecule has 0 aliphatic carbocycles. The van der Waals surface area contributed by atoms with Gasteiger partial charge in [0.2, 0.25) is 12.0 Å². The lowest BCUT2D eigenvalue weighted by molar-refractivity contribution is -0.127. The molecule has 0 radical (unpaired) electrons. The molecule has 7 nitrogen and oxygen atoms in total. The van der Waals surface area contributed by atoms with Crippen LogP contribution in [0.25, 0.3) is 10.9 Å². The maximum Gasteiger partial charge on any atom is 0.308 e. The lowest BCUT2D eigenvalue weighted by atomic mass is 10.2. The zero-order valence-corrected chi connectivity index (χ0v) is 14.8. The van der Waals surface area contributed by atoms with E-state index >= 15 is 0 Å². The number of aromatic hydroxyl groups is 1. The minimum atomic E-state index is -0.866. The predicted octanol–water partition coefficient (Wildman–Crippen LogP) is 4.21. The molecule has 1 atom stereocenters. The Hall–Kier alpha value is -3.35. The van der Waals surface area contributed by atoms with Gasteiger partial charge in [0.05, 0.1) is 5.52 Å². The summed E-state index contributed by atoms with van der Waals surface area (Å²) in [4.78, 5) is 12.4. The van der Waals surface area contributed by atoms with Gasteiger partial charge in [-0.2, -0.15) is 0 Å². The van der Waals surface area contributed by atoms with Crippen LogP contribution in [-0.2, 0) is 11.3 Å². The topological polar surface area (TPSA) is 85.4 Å². The lowest BCUT2D eigenvalue weighted by Crippen LogP contribution is -2.35. The van der Waals surface area contributed by atoms with Crippen molar-refractivity contribution in [2.45, 2.75) is 26.0 Å². The fourth-order valence-corrected chi connectivity index (χ4v) is 3.13. The fraction of sp³-hybridized carbons (Fsp3) is 0.250. The van der Waals surface area contributed by atoms with E-state index in [0.29, 0.717) is 18.0 Å². The van der Waals surface area contributed by atoms with Gasteiger partial charge in [-0.1, -0.05) is 37.3 Å². The van der Waals surface area contributed by atoms with Crippen molar-refractivity contribution in [2.75, 3.05) is 6.61 Å². The number of hydrogen-bond acceptors (Lipinski definition) is 5. The van der Waals surface area contributed by atoms with Crippen molar-refractivity contribution in [1.82, 2.24) is 4.57 Å². The molecular weight excluding hydrogens is 346 g/mol. The monoisotopic (exact) mass is 365 g/mol. The summed E-state index contributed by atoms with van der Waals surface area (Å²) in [6, 6.07) is 14.6. The SMILES string of the molecule is CCCn1c(O)c(N=NC(=O)[C@H]2COc3ccccc3O2)c2ccccc21. The number of fused-ring (bicyclic) bond motifs is 2. The van der Waals surface area contributed by atoms with E-state index in [9.17, 15) is 9.90 Å². The molecule has 0 saturated carbocycles. The van der Waals surface area contributed by atoms with Crippen LogP contribution in [0.2, 0.25) is 0 Å². The van der Waals surface area contributed by atoms with Crippen molar-refractivity contribution >= 4 is 22.5 Å². The molecule has 1 aliphatic heterocycles. The smallest absolute Gasteiger partial charge is 0.308 e.